The lowest BCUT2D eigenvalue weighted by molar-refractivity contribution is 0.211. The van der Waals surface area contributed by atoms with E-state index in [1.807, 2.05) is 0 Å². The molecule has 3 heteroatoms. The monoisotopic (exact) mass is 228 g/mol. The molecule has 0 spiro atoms. The molecule has 0 amide bonds. The molecular weight excluding hydrogens is 204 g/mol. The minimum atomic E-state index is 0.543. The molecule has 0 aliphatic rings. The Morgan fingerprint density at radius 1 is 1.20 bits per heavy atom. The Hall–Kier alpha value is -0.200. The van der Waals surface area contributed by atoms with Crippen LogP contribution in [-0.4, -0.2) is 29.8 Å². The Kier molecular flexibility index (Phi) is 8.94. The highest BCUT2D eigenvalue weighted by Crippen LogP contribution is 2.11. The number of rotatable bonds is 8. The molecule has 0 aliphatic carbocycles. The number of hydrogen-bond donors (Lipinski definition) is 1. The lowest BCUT2D eigenvalue weighted by Crippen LogP contribution is -2.33. The maximum atomic E-state index is 8.57. The third-order valence-corrected chi connectivity index (χ3v) is 3.03. The van der Waals surface area contributed by atoms with Crippen LogP contribution in [0.3, 0.4) is 0 Å². The number of nitriles is 1. The van der Waals surface area contributed by atoms with Gasteiger partial charge < -0.3 is 0 Å². The van der Waals surface area contributed by atoms with Crippen LogP contribution in [0.4, 0.5) is 0 Å². The molecule has 0 radical (unpaired) electrons. The highest BCUT2D eigenvalue weighted by atomic mass is 32.1. The lowest BCUT2D eigenvalue weighted by atomic mass is 10.0. The van der Waals surface area contributed by atoms with Crippen LogP contribution in [0.15, 0.2) is 0 Å². The topological polar surface area (TPSA) is 27.0 Å². The Morgan fingerprint density at radius 3 is 2.33 bits per heavy atom. The van der Waals surface area contributed by atoms with Crippen molar-refractivity contribution in [3.05, 3.63) is 0 Å². The standard InChI is InChI=1S/C12H24N2S/c1-11(2)14(8-4-7-13)9-5-12(3)6-10-15/h11-12,15H,4-6,8-10H2,1-3H3. The van der Waals surface area contributed by atoms with Gasteiger partial charge in [-0.1, -0.05) is 6.92 Å². The summed E-state index contributed by atoms with van der Waals surface area (Å²) in [6.45, 7) is 8.68. The van der Waals surface area contributed by atoms with Gasteiger partial charge in [-0.05, 0) is 44.9 Å². The summed E-state index contributed by atoms with van der Waals surface area (Å²) in [7, 11) is 0. The van der Waals surface area contributed by atoms with Crippen LogP contribution in [0.1, 0.15) is 40.0 Å². The maximum absolute atomic E-state index is 8.57. The van der Waals surface area contributed by atoms with Gasteiger partial charge in [-0.3, -0.25) is 4.90 Å². The van der Waals surface area contributed by atoms with Crippen molar-refractivity contribution in [2.75, 3.05) is 18.8 Å². The Morgan fingerprint density at radius 2 is 1.87 bits per heavy atom. The van der Waals surface area contributed by atoms with E-state index in [2.05, 4.69) is 44.4 Å². The predicted octanol–water partition coefficient (Wildman–Crippen LogP) is 2.96. The summed E-state index contributed by atoms with van der Waals surface area (Å²) < 4.78 is 0. The molecule has 0 aromatic carbocycles. The summed E-state index contributed by atoms with van der Waals surface area (Å²) in [5.41, 5.74) is 0. The van der Waals surface area contributed by atoms with Gasteiger partial charge in [-0.25, -0.2) is 0 Å². The highest BCUT2D eigenvalue weighted by Gasteiger charge is 2.10. The van der Waals surface area contributed by atoms with E-state index < -0.39 is 0 Å². The zero-order valence-corrected chi connectivity index (χ0v) is 11.1. The second-order valence-corrected chi connectivity index (χ2v) is 4.89. The van der Waals surface area contributed by atoms with Crippen molar-refractivity contribution >= 4 is 12.6 Å². The van der Waals surface area contributed by atoms with E-state index in [1.165, 1.54) is 12.8 Å². The number of thiol groups is 1. The van der Waals surface area contributed by atoms with E-state index >= 15 is 0 Å². The van der Waals surface area contributed by atoms with E-state index in [0.29, 0.717) is 12.5 Å². The van der Waals surface area contributed by atoms with Gasteiger partial charge in [0.15, 0.2) is 0 Å². The first-order chi connectivity index (χ1) is 7.11. The van der Waals surface area contributed by atoms with Gasteiger partial charge in [0, 0.05) is 19.0 Å². The molecule has 0 heterocycles. The summed E-state index contributed by atoms with van der Waals surface area (Å²) in [5.74, 6) is 1.71. The molecule has 0 aromatic heterocycles. The molecule has 0 N–H and O–H groups in total. The Balaban J connectivity index is 3.80. The summed E-state index contributed by atoms with van der Waals surface area (Å²) in [5, 5.41) is 8.57. The molecule has 2 nitrogen and oxygen atoms in total. The third-order valence-electron chi connectivity index (χ3n) is 2.77. The summed E-state index contributed by atoms with van der Waals surface area (Å²) in [6, 6.07) is 2.76. The molecule has 0 bridgehead atoms. The van der Waals surface area contributed by atoms with E-state index in [1.54, 1.807) is 0 Å². The van der Waals surface area contributed by atoms with Crippen LogP contribution in [0.5, 0.6) is 0 Å². The van der Waals surface area contributed by atoms with Gasteiger partial charge in [0.25, 0.3) is 0 Å². The predicted molar refractivity (Wildman–Crippen MR) is 69.2 cm³/mol. The molecule has 0 rings (SSSR count). The molecule has 1 atom stereocenters. The van der Waals surface area contributed by atoms with Crippen molar-refractivity contribution in [2.24, 2.45) is 5.92 Å². The average Bonchev–Trinajstić information content (AvgIpc) is 2.17. The Bertz CT molecular complexity index is 187. The van der Waals surface area contributed by atoms with E-state index in [4.69, 9.17) is 5.26 Å². The van der Waals surface area contributed by atoms with Crippen molar-refractivity contribution in [3.8, 4) is 6.07 Å². The minimum Gasteiger partial charge on any atom is -0.300 e. The van der Waals surface area contributed by atoms with Gasteiger partial charge in [-0.2, -0.15) is 17.9 Å². The lowest BCUT2D eigenvalue weighted by Gasteiger charge is -2.26. The second kappa shape index (κ2) is 9.06. The van der Waals surface area contributed by atoms with Gasteiger partial charge in [0.1, 0.15) is 0 Å². The normalized spacial score (nSPS) is 13.1. The zero-order valence-electron chi connectivity index (χ0n) is 10.2. The summed E-state index contributed by atoms with van der Waals surface area (Å²) in [4.78, 5) is 2.39. The first kappa shape index (κ1) is 14.8. The smallest absolute Gasteiger partial charge is 0.0635 e. The molecule has 0 saturated heterocycles. The average molecular weight is 228 g/mol. The molecule has 0 saturated carbocycles. The second-order valence-electron chi connectivity index (χ2n) is 4.44. The SMILES string of the molecule is CC(CCS)CCN(CCC#N)C(C)C. The molecule has 88 valence electrons. The number of nitrogens with zero attached hydrogens (tertiary/aromatic N) is 2. The summed E-state index contributed by atoms with van der Waals surface area (Å²) >= 11 is 4.24. The fraction of sp³-hybridized carbons (Fsp3) is 0.917. The van der Waals surface area contributed by atoms with Crippen LogP contribution < -0.4 is 0 Å². The molecule has 1 unspecified atom stereocenters. The van der Waals surface area contributed by atoms with Crippen molar-refractivity contribution < 1.29 is 0 Å². The minimum absolute atomic E-state index is 0.543. The van der Waals surface area contributed by atoms with Crippen molar-refractivity contribution in [2.45, 2.75) is 46.1 Å². The number of hydrogen-bond acceptors (Lipinski definition) is 3. The van der Waals surface area contributed by atoms with Gasteiger partial charge >= 0.3 is 0 Å². The molecule has 0 aliphatic heterocycles. The van der Waals surface area contributed by atoms with Crippen molar-refractivity contribution in [3.63, 3.8) is 0 Å². The zero-order chi connectivity index (χ0) is 11.7. The highest BCUT2D eigenvalue weighted by molar-refractivity contribution is 7.80. The van der Waals surface area contributed by atoms with Crippen molar-refractivity contribution in [1.29, 1.82) is 5.26 Å². The molecule has 0 fully saturated rings. The van der Waals surface area contributed by atoms with Crippen LogP contribution in [0, 0.1) is 17.2 Å². The van der Waals surface area contributed by atoms with E-state index in [9.17, 15) is 0 Å². The summed E-state index contributed by atoms with van der Waals surface area (Å²) in [6.07, 6.45) is 3.04. The van der Waals surface area contributed by atoms with E-state index in [0.717, 1.165) is 24.8 Å². The fourth-order valence-corrected chi connectivity index (χ4v) is 2.01. The van der Waals surface area contributed by atoms with Crippen LogP contribution >= 0.6 is 12.6 Å². The van der Waals surface area contributed by atoms with Crippen LogP contribution in [0.2, 0.25) is 0 Å². The van der Waals surface area contributed by atoms with Gasteiger partial charge in [0.05, 0.1) is 6.07 Å². The van der Waals surface area contributed by atoms with Gasteiger partial charge in [0.2, 0.25) is 0 Å². The maximum Gasteiger partial charge on any atom is 0.0635 e. The quantitative estimate of drug-likeness (QED) is 0.647. The Labute approximate surface area is 100 Å². The molecule has 0 aromatic rings. The first-order valence-corrected chi connectivity index (χ1v) is 6.47. The van der Waals surface area contributed by atoms with Crippen LogP contribution in [0.25, 0.3) is 0 Å². The largest absolute Gasteiger partial charge is 0.300 e. The van der Waals surface area contributed by atoms with E-state index in [-0.39, 0.29) is 0 Å². The molecule has 15 heavy (non-hydrogen) atoms. The molecular formula is C12H24N2S. The fourth-order valence-electron chi connectivity index (χ4n) is 1.57. The van der Waals surface area contributed by atoms with Crippen LogP contribution in [-0.2, 0) is 0 Å². The third kappa shape index (κ3) is 7.70. The van der Waals surface area contributed by atoms with Crippen molar-refractivity contribution in [1.82, 2.24) is 4.90 Å². The van der Waals surface area contributed by atoms with Gasteiger partial charge in [-0.15, -0.1) is 0 Å². The first-order valence-electron chi connectivity index (χ1n) is 5.83.